The summed E-state index contributed by atoms with van der Waals surface area (Å²) in [7, 11) is 0. The maximum Gasteiger partial charge on any atom is 0.416 e. The zero-order chi connectivity index (χ0) is 15.6. The van der Waals surface area contributed by atoms with Crippen LogP contribution >= 0.6 is 15.9 Å². The largest absolute Gasteiger partial charge is 0.416 e. The number of nitrogens with one attached hydrogen (secondary N) is 1. The van der Waals surface area contributed by atoms with Crippen molar-refractivity contribution in [3.05, 3.63) is 28.2 Å². The minimum absolute atomic E-state index is 0.0210. The Balaban J connectivity index is 2.98. The molecule has 0 aliphatic carbocycles. The molecule has 20 heavy (non-hydrogen) atoms. The van der Waals surface area contributed by atoms with Gasteiger partial charge < -0.3 is 10.4 Å². The molecule has 1 aromatic carbocycles. The summed E-state index contributed by atoms with van der Waals surface area (Å²) in [5.74, 6) is 0. The van der Waals surface area contributed by atoms with Gasteiger partial charge in [-0.25, -0.2) is 0 Å². The Hall–Kier alpha value is -0.750. The van der Waals surface area contributed by atoms with Crippen molar-refractivity contribution in [3.8, 4) is 0 Å². The number of benzene rings is 1. The van der Waals surface area contributed by atoms with Crippen LogP contribution in [-0.2, 0) is 6.18 Å². The van der Waals surface area contributed by atoms with E-state index >= 15 is 0 Å². The molecule has 2 N–H and O–H groups in total. The highest BCUT2D eigenvalue weighted by Crippen LogP contribution is 2.35. The molecule has 1 unspecified atom stereocenters. The van der Waals surface area contributed by atoms with Crippen molar-refractivity contribution in [2.75, 3.05) is 11.9 Å². The lowest BCUT2D eigenvalue weighted by atomic mass is 9.85. The van der Waals surface area contributed by atoms with Crippen LogP contribution in [0.1, 0.15) is 32.8 Å². The van der Waals surface area contributed by atoms with Gasteiger partial charge in [0.05, 0.1) is 5.56 Å². The molecular weight excluding hydrogens is 335 g/mol. The number of anilines is 1. The molecule has 0 spiro atoms. The van der Waals surface area contributed by atoms with Gasteiger partial charge in [0.1, 0.15) is 0 Å². The van der Waals surface area contributed by atoms with E-state index in [0.29, 0.717) is 16.6 Å². The van der Waals surface area contributed by atoms with Crippen LogP contribution in [0.4, 0.5) is 18.9 Å². The van der Waals surface area contributed by atoms with Gasteiger partial charge in [0.15, 0.2) is 0 Å². The summed E-state index contributed by atoms with van der Waals surface area (Å²) in [6, 6.07) is 3.47. The van der Waals surface area contributed by atoms with Crippen molar-refractivity contribution in [2.45, 2.75) is 39.4 Å². The van der Waals surface area contributed by atoms with Crippen LogP contribution in [0, 0.1) is 5.41 Å². The van der Waals surface area contributed by atoms with Gasteiger partial charge in [0.2, 0.25) is 0 Å². The molecule has 0 saturated carbocycles. The third kappa shape index (κ3) is 4.66. The first kappa shape index (κ1) is 17.3. The fraction of sp³-hybridized carbons (Fsp3) is 0.571. The lowest BCUT2D eigenvalue weighted by molar-refractivity contribution is -0.137. The first-order valence-electron chi connectivity index (χ1n) is 6.30. The minimum Gasteiger partial charge on any atom is -0.396 e. The minimum atomic E-state index is -4.35. The van der Waals surface area contributed by atoms with Crippen molar-refractivity contribution >= 4 is 21.6 Å². The molecule has 2 nitrogen and oxygen atoms in total. The number of alkyl halides is 3. The Morgan fingerprint density at radius 3 is 2.25 bits per heavy atom. The molecule has 0 aliphatic heterocycles. The summed E-state index contributed by atoms with van der Waals surface area (Å²) in [4.78, 5) is 0. The van der Waals surface area contributed by atoms with Crippen LogP contribution in [0.25, 0.3) is 0 Å². The van der Waals surface area contributed by atoms with E-state index in [1.165, 1.54) is 6.07 Å². The summed E-state index contributed by atoms with van der Waals surface area (Å²) >= 11 is 3.16. The zero-order valence-electron chi connectivity index (χ0n) is 11.7. The van der Waals surface area contributed by atoms with Gasteiger partial charge in [-0.2, -0.15) is 13.2 Å². The van der Waals surface area contributed by atoms with Crippen LogP contribution in [0.15, 0.2) is 22.7 Å². The summed E-state index contributed by atoms with van der Waals surface area (Å²) in [5.41, 5.74) is -0.221. The van der Waals surface area contributed by atoms with Gasteiger partial charge in [0.25, 0.3) is 0 Å². The fourth-order valence-electron chi connectivity index (χ4n) is 1.85. The van der Waals surface area contributed by atoms with Crippen LogP contribution in [-0.4, -0.2) is 17.8 Å². The average Bonchev–Trinajstić information content (AvgIpc) is 2.28. The summed E-state index contributed by atoms with van der Waals surface area (Å²) in [6.07, 6.45) is -3.83. The molecule has 1 rings (SSSR count). The van der Waals surface area contributed by atoms with Gasteiger partial charge in [-0.3, -0.25) is 0 Å². The number of hydrogen-bond donors (Lipinski definition) is 2. The van der Waals surface area contributed by atoms with E-state index in [9.17, 15) is 13.2 Å². The second-order valence-electron chi connectivity index (χ2n) is 5.77. The number of halogens is 4. The van der Waals surface area contributed by atoms with Gasteiger partial charge in [-0.15, -0.1) is 0 Å². The highest BCUT2D eigenvalue weighted by Gasteiger charge is 2.31. The molecule has 0 heterocycles. The predicted octanol–water partition coefficient (Wildman–Crippen LogP) is 4.68. The van der Waals surface area contributed by atoms with Crippen LogP contribution < -0.4 is 5.32 Å². The molecule has 1 atom stereocenters. The van der Waals surface area contributed by atoms with E-state index in [-0.39, 0.29) is 18.1 Å². The number of hydrogen-bond acceptors (Lipinski definition) is 2. The first-order chi connectivity index (χ1) is 9.05. The second kappa shape index (κ2) is 6.35. The zero-order valence-corrected chi connectivity index (χ0v) is 13.3. The Labute approximate surface area is 125 Å². The van der Waals surface area contributed by atoms with Crippen molar-refractivity contribution in [1.82, 2.24) is 0 Å². The van der Waals surface area contributed by atoms with Crippen LogP contribution in [0.2, 0.25) is 0 Å². The molecule has 114 valence electrons. The van der Waals surface area contributed by atoms with Crippen molar-refractivity contribution in [1.29, 1.82) is 0 Å². The molecule has 0 bridgehead atoms. The van der Waals surface area contributed by atoms with Crippen molar-refractivity contribution < 1.29 is 18.3 Å². The third-order valence-corrected chi connectivity index (χ3v) is 3.75. The van der Waals surface area contributed by atoms with Crippen LogP contribution in [0.3, 0.4) is 0 Å². The quantitative estimate of drug-likeness (QED) is 0.823. The Morgan fingerprint density at radius 2 is 1.85 bits per heavy atom. The molecule has 0 aromatic heterocycles. The predicted molar refractivity (Wildman–Crippen MR) is 77.7 cm³/mol. The maximum absolute atomic E-state index is 12.6. The van der Waals surface area contributed by atoms with E-state index in [2.05, 4.69) is 21.2 Å². The SMILES string of the molecule is CC(C)(C)C(CCO)Nc1ccc(C(F)(F)F)cc1Br. The van der Waals surface area contributed by atoms with Crippen molar-refractivity contribution in [3.63, 3.8) is 0 Å². The first-order valence-corrected chi connectivity index (χ1v) is 7.09. The molecular formula is C14H19BrF3NO. The van der Waals surface area contributed by atoms with E-state index in [0.717, 1.165) is 12.1 Å². The van der Waals surface area contributed by atoms with Gasteiger partial charge in [-0.1, -0.05) is 20.8 Å². The lowest BCUT2D eigenvalue weighted by Gasteiger charge is -2.32. The van der Waals surface area contributed by atoms with E-state index in [1.807, 2.05) is 20.8 Å². The molecule has 0 saturated heterocycles. The summed E-state index contributed by atoms with van der Waals surface area (Å²) < 4.78 is 38.2. The van der Waals surface area contributed by atoms with E-state index in [4.69, 9.17) is 5.11 Å². The van der Waals surface area contributed by atoms with Gasteiger partial charge >= 0.3 is 6.18 Å². The third-order valence-electron chi connectivity index (χ3n) is 3.09. The molecule has 6 heteroatoms. The highest BCUT2D eigenvalue weighted by atomic mass is 79.9. The number of aliphatic hydroxyl groups is 1. The van der Waals surface area contributed by atoms with Crippen LogP contribution in [0.5, 0.6) is 0 Å². The standard InChI is InChI=1S/C14H19BrF3NO/c1-13(2,3)12(6-7-20)19-11-5-4-9(8-10(11)15)14(16,17)18/h4-5,8,12,19-20H,6-7H2,1-3H3. The monoisotopic (exact) mass is 353 g/mol. The number of rotatable bonds is 4. The molecule has 0 fully saturated rings. The average molecular weight is 354 g/mol. The van der Waals surface area contributed by atoms with E-state index in [1.54, 1.807) is 0 Å². The summed E-state index contributed by atoms with van der Waals surface area (Å²) in [5, 5.41) is 12.3. The molecule has 0 amide bonds. The fourth-order valence-corrected chi connectivity index (χ4v) is 2.34. The van der Waals surface area contributed by atoms with Gasteiger partial charge in [-0.05, 0) is 46.0 Å². The second-order valence-corrected chi connectivity index (χ2v) is 6.62. The molecule has 1 aromatic rings. The Bertz CT molecular complexity index is 455. The Morgan fingerprint density at radius 1 is 1.25 bits per heavy atom. The van der Waals surface area contributed by atoms with Crippen molar-refractivity contribution in [2.24, 2.45) is 5.41 Å². The lowest BCUT2D eigenvalue weighted by Crippen LogP contribution is -2.35. The normalized spacial score (nSPS) is 14.2. The summed E-state index contributed by atoms with van der Waals surface area (Å²) in [6.45, 7) is 6.06. The molecule has 0 aliphatic rings. The topological polar surface area (TPSA) is 32.3 Å². The Kier molecular flexibility index (Phi) is 5.49. The highest BCUT2D eigenvalue weighted by molar-refractivity contribution is 9.10. The van der Waals surface area contributed by atoms with Gasteiger partial charge in [0, 0.05) is 22.8 Å². The smallest absolute Gasteiger partial charge is 0.396 e. The molecule has 0 radical (unpaired) electrons. The van der Waals surface area contributed by atoms with E-state index < -0.39 is 11.7 Å². The maximum atomic E-state index is 12.6. The number of aliphatic hydroxyl groups excluding tert-OH is 1.